The van der Waals surface area contributed by atoms with Crippen molar-refractivity contribution in [1.82, 2.24) is 0 Å². The quantitative estimate of drug-likeness (QED) is 0.866. The number of nitrogens with two attached hydrogens (primary N) is 1. The Morgan fingerprint density at radius 3 is 2.29 bits per heavy atom. The molecule has 0 saturated carbocycles. The average molecular weight is 350 g/mol. The minimum Gasteiger partial charge on any atom is -0.496 e. The minimum absolute atomic E-state index is 0.00417. The first kappa shape index (κ1) is 15.9. The summed E-state index contributed by atoms with van der Waals surface area (Å²) in [6.07, 6.45) is 1.51. The van der Waals surface area contributed by atoms with Gasteiger partial charge in [0.25, 0.3) is 0 Å². The molecule has 0 aromatic heterocycles. The summed E-state index contributed by atoms with van der Waals surface area (Å²) in [5.41, 5.74) is 8.54. The lowest BCUT2D eigenvalue weighted by molar-refractivity contribution is 0.404. The minimum atomic E-state index is 0.00417. The highest BCUT2D eigenvalue weighted by molar-refractivity contribution is 9.10. The van der Waals surface area contributed by atoms with Crippen LogP contribution in [0.1, 0.15) is 11.1 Å². The van der Waals surface area contributed by atoms with E-state index in [1.54, 1.807) is 14.2 Å². The molecule has 3 nitrogen and oxygen atoms in total. The van der Waals surface area contributed by atoms with Crippen LogP contribution in [-0.2, 0) is 12.8 Å². The van der Waals surface area contributed by atoms with Crippen molar-refractivity contribution in [2.24, 2.45) is 5.73 Å². The van der Waals surface area contributed by atoms with Gasteiger partial charge >= 0.3 is 0 Å². The van der Waals surface area contributed by atoms with Crippen molar-refractivity contribution in [3.63, 3.8) is 0 Å². The summed E-state index contributed by atoms with van der Waals surface area (Å²) in [6, 6.07) is 14.0. The molecule has 0 aliphatic carbocycles. The maximum absolute atomic E-state index is 6.31. The van der Waals surface area contributed by atoms with Gasteiger partial charge in [-0.1, -0.05) is 34.1 Å². The Bertz CT molecular complexity index is 601. The number of halogens is 1. The van der Waals surface area contributed by atoms with Gasteiger partial charge in [-0.2, -0.15) is 0 Å². The number of hydrogen-bond acceptors (Lipinski definition) is 3. The van der Waals surface area contributed by atoms with Gasteiger partial charge in [-0.05, 0) is 48.2 Å². The van der Waals surface area contributed by atoms with Crippen LogP contribution >= 0.6 is 15.9 Å². The lowest BCUT2D eigenvalue weighted by Gasteiger charge is -2.16. The third-order valence-corrected chi connectivity index (χ3v) is 3.89. The Kier molecular flexibility index (Phi) is 5.65. The van der Waals surface area contributed by atoms with Gasteiger partial charge in [-0.3, -0.25) is 0 Å². The van der Waals surface area contributed by atoms with Gasteiger partial charge < -0.3 is 15.2 Å². The fraction of sp³-hybridized carbons (Fsp3) is 0.294. The number of methoxy groups -OCH3 is 2. The normalized spacial score (nSPS) is 12.0. The molecule has 4 heteroatoms. The van der Waals surface area contributed by atoms with Crippen LogP contribution in [0, 0.1) is 0 Å². The molecule has 2 N–H and O–H groups in total. The van der Waals surface area contributed by atoms with E-state index in [2.05, 4.69) is 28.1 Å². The molecule has 0 fully saturated rings. The first-order valence-electron chi connectivity index (χ1n) is 6.84. The van der Waals surface area contributed by atoms with E-state index in [0.29, 0.717) is 0 Å². The van der Waals surface area contributed by atoms with E-state index in [-0.39, 0.29) is 6.04 Å². The average Bonchev–Trinajstić information content (AvgIpc) is 2.48. The van der Waals surface area contributed by atoms with Gasteiger partial charge in [-0.25, -0.2) is 0 Å². The summed E-state index contributed by atoms with van der Waals surface area (Å²) in [7, 11) is 3.36. The zero-order valence-electron chi connectivity index (χ0n) is 12.3. The molecule has 1 atom stereocenters. The molecule has 21 heavy (non-hydrogen) atoms. The smallest absolute Gasteiger partial charge is 0.122 e. The molecular weight excluding hydrogens is 330 g/mol. The van der Waals surface area contributed by atoms with Crippen molar-refractivity contribution < 1.29 is 9.47 Å². The van der Waals surface area contributed by atoms with Gasteiger partial charge in [0.15, 0.2) is 0 Å². The topological polar surface area (TPSA) is 44.5 Å². The molecule has 0 heterocycles. The number of para-hydroxylation sites is 1. The molecule has 1 unspecified atom stereocenters. The molecule has 2 aromatic carbocycles. The molecule has 0 bridgehead atoms. The molecule has 0 aliphatic heterocycles. The van der Waals surface area contributed by atoms with Crippen molar-refractivity contribution in [3.8, 4) is 11.5 Å². The lowest BCUT2D eigenvalue weighted by Crippen LogP contribution is -2.26. The Balaban J connectivity index is 2.11. The fourth-order valence-corrected chi connectivity index (χ4v) is 2.82. The second kappa shape index (κ2) is 7.48. The van der Waals surface area contributed by atoms with Gasteiger partial charge in [0, 0.05) is 10.5 Å². The van der Waals surface area contributed by atoms with Crippen LogP contribution in [0.2, 0.25) is 0 Å². The first-order valence-corrected chi connectivity index (χ1v) is 7.63. The summed E-state index contributed by atoms with van der Waals surface area (Å²) in [4.78, 5) is 0. The zero-order valence-corrected chi connectivity index (χ0v) is 13.9. The maximum Gasteiger partial charge on any atom is 0.122 e. The highest BCUT2D eigenvalue weighted by Crippen LogP contribution is 2.25. The van der Waals surface area contributed by atoms with Crippen molar-refractivity contribution >= 4 is 15.9 Å². The Morgan fingerprint density at radius 2 is 1.57 bits per heavy atom. The van der Waals surface area contributed by atoms with Crippen LogP contribution in [0.25, 0.3) is 0 Å². The summed E-state index contributed by atoms with van der Waals surface area (Å²) >= 11 is 3.49. The summed E-state index contributed by atoms with van der Waals surface area (Å²) in [5.74, 6) is 1.75. The molecule has 112 valence electrons. The molecule has 0 aliphatic rings. The highest BCUT2D eigenvalue weighted by Gasteiger charge is 2.12. The van der Waals surface area contributed by atoms with Crippen molar-refractivity contribution in [2.45, 2.75) is 18.9 Å². The number of hydrogen-bond donors (Lipinski definition) is 1. The zero-order chi connectivity index (χ0) is 15.2. The number of benzene rings is 2. The Morgan fingerprint density at radius 1 is 0.952 bits per heavy atom. The standard InChI is InChI=1S/C17H20BrNO2/c1-20-16-6-4-3-5-12(16)10-15(19)11-13-9-14(18)7-8-17(13)21-2/h3-9,15H,10-11,19H2,1-2H3. The van der Waals surface area contributed by atoms with Crippen molar-refractivity contribution in [2.75, 3.05) is 14.2 Å². The Hall–Kier alpha value is -1.52. The van der Waals surface area contributed by atoms with E-state index >= 15 is 0 Å². The molecule has 0 amide bonds. The third-order valence-electron chi connectivity index (χ3n) is 3.40. The lowest BCUT2D eigenvalue weighted by atomic mass is 9.98. The molecule has 0 spiro atoms. The molecule has 2 aromatic rings. The van der Waals surface area contributed by atoms with E-state index in [1.165, 1.54) is 0 Å². The Labute approximate surface area is 134 Å². The van der Waals surface area contributed by atoms with Crippen LogP contribution in [0.3, 0.4) is 0 Å². The summed E-state index contributed by atoms with van der Waals surface area (Å²) in [5, 5.41) is 0. The second-order valence-electron chi connectivity index (χ2n) is 4.94. The van der Waals surface area contributed by atoms with E-state index in [1.807, 2.05) is 30.3 Å². The van der Waals surface area contributed by atoms with Crippen LogP contribution in [-0.4, -0.2) is 20.3 Å². The van der Waals surface area contributed by atoms with Crippen LogP contribution in [0.15, 0.2) is 46.9 Å². The fourth-order valence-electron chi connectivity index (χ4n) is 2.42. The van der Waals surface area contributed by atoms with Crippen molar-refractivity contribution in [3.05, 3.63) is 58.1 Å². The third kappa shape index (κ3) is 4.22. The van der Waals surface area contributed by atoms with Gasteiger partial charge in [-0.15, -0.1) is 0 Å². The predicted molar refractivity (Wildman–Crippen MR) is 89.1 cm³/mol. The van der Waals surface area contributed by atoms with Gasteiger partial charge in [0.05, 0.1) is 14.2 Å². The van der Waals surface area contributed by atoms with E-state index in [9.17, 15) is 0 Å². The molecule has 0 radical (unpaired) electrons. The highest BCUT2D eigenvalue weighted by atomic mass is 79.9. The second-order valence-corrected chi connectivity index (χ2v) is 5.85. The van der Waals surface area contributed by atoms with Crippen molar-refractivity contribution in [1.29, 1.82) is 0 Å². The molecule has 0 saturated heterocycles. The van der Waals surface area contributed by atoms with E-state index in [0.717, 1.165) is 39.9 Å². The van der Waals surface area contributed by atoms with Crippen LogP contribution in [0.4, 0.5) is 0 Å². The summed E-state index contributed by atoms with van der Waals surface area (Å²) in [6.45, 7) is 0. The molecular formula is C17H20BrNO2. The SMILES string of the molecule is COc1ccccc1CC(N)Cc1cc(Br)ccc1OC. The monoisotopic (exact) mass is 349 g/mol. The van der Waals surface area contributed by atoms with Gasteiger partial charge in [0.2, 0.25) is 0 Å². The predicted octanol–water partition coefficient (Wildman–Crippen LogP) is 3.58. The molecule has 2 rings (SSSR count). The maximum atomic E-state index is 6.31. The van der Waals surface area contributed by atoms with E-state index in [4.69, 9.17) is 15.2 Å². The van der Waals surface area contributed by atoms with Gasteiger partial charge in [0.1, 0.15) is 11.5 Å². The largest absolute Gasteiger partial charge is 0.496 e. The first-order chi connectivity index (χ1) is 10.1. The van der Waals surface area contributed by atoms with Crippen LogP contribution < -0.4 is 15.2 Å². The van der Waals surface area contributed by atoms with E-state index < -0.39 is 0 Å². The summed E-state index contributed by atoms with van der Waals surface area (Å²) < 4.78 is 11.8. The van der Waals surface area contributed by atoms with Crippen LogP contribution in [0.5, 0.6) is 11.5 Å². The number of ether oxygens (including phenoxy) is 2. The number of rotatable bonds is 6.